The predicted octanol–water partition coefficient (Wildman–Crippen LogP) is 6.64. The van der Waals surface area contributed by atoms with Crippen molar-refractivity contribution in [1.82, 2.24) is 20.0 Å². The number of aromatic nitrogens is 3. The van der Waals surface area contributed by atoms with Crippen LogP contribution in [0.3, 0.4) is 0 Å². The first-order valence-electron chi connectivity index (χ1n) is 14.0. The summed E-state index contributed by atoms with van der Waals surface area (Å²) in [6, 6.07) is 6.81. The van der Waals surface area contributed by atoms with Crippen molar-refractivity contribution in [3.8, 4) is 34.5 Å². The summed E-state index contributed by atoms with van der Waals surface area (Å²) in [6.07, 6.45) is 2.24. The van der Waals surface area contributed by atoms with Gasteiger partial charge in [0.25, 0.3) is 5.89 Å². The van der Waals surface area contributed by atoms with E-state index in [-0.39, 0.29) is 31.0 Å². The van der Waals surface area contributed by atoms with Gasteiger partial charge in [0.2, 0.25) is 11.7 Å². The second kappa shape index (κ2) is 13.4. The molecule has 2 aromatic heterocycles. The molecule has 0 aliphatic carbocycles. The molecule has 1 amide bonds. The lowest BCUT2D eigenvalue weighted by molar-refractivity contribution is -0.143. The summed E-state index contributed by atoms with van der Waals surface area (Å²) >= 11 is 6.37. The highest BCUT2D eigenvalue weighted by Crippen LogP contribution is 2.42. The fourth-order valence-electron chi connectivity index (χ4n) is 4.55. The predicted molar refractivity (Wildman–Crippen MR) is 155 cm³/mol. The molecule has 1 aliphatic rings. The molecule has 3 heterocycles. The maximum atomic E-state index is 13.3. The number of hydrogen-bond donors (Lipinski definition) is 0. The third kappa shape index (κ3) is 7.70. The monoisotopic (exact) mass is 600 g/mol. The van der Waals surface area contributed by atoms with Gasteiger partial charge in [0.1, 0.15) is 23.0 Å². The number of halogens is 1. The van der Waals surface area contributed by atoms with E-state index in [0.29, 0.717) is 59.6 Å². The second-order valence-corrected chi connectivity index (χ2v) is 11.5. The number of nitrogens with zero attached hydrogens (tertiary/aromatic N) is 4. The highest BCUT2D eigenvalue weighted by Gasteiger charge is 2.34. The first-order chi connectivity index (χ1) is 20.0. The molecule has 0 N–H and O–H groups in total. The molecule has 12 heteroatoms. The molecule has 0 saturated heterocycles. The average Bonchev–Trinajstić information content (AvgIpc) is 3.32. The first-order valence-corrected chi connectivity index (χ1v) is 14.4. The van der Waals surface area contributed by atoms with Crippen LogP contribution in [0.5, 0.6) is 11.6 Å². The summed E-state index contributed by atoms with van der Waals surface area (Å²) in [4.78, 5) is 35.9. The van der Waals surface area contributed by atoms with Crippen LogP contribution in [-0.2, 0) is 14.3 Å². The molecule has 0 radical (unpaired) electrons. The minimum atomic E-state index is -0.678. The second-order valence-electron chi connectivity index (χ2n) is 11.1. The van der Waals surface area contributed by atoms with Gasteiger partial charge in [-0.1, -0.05) is 28.9 Å². The molecular weight excluding hydrogens is 564 g/mol. The molecule has 0 spiro atoms. The van der Waals surface area contributed by atoms with E-state index in [0.717, 1.165) is 5.56 Å². The van der Waals surface area contributed by atoms with E-state index >= 15 is 0 Å². The highest BCUT2D eigenvalue weighted by molar-refractivity contribution is 6.32. The largest absolute Gasteiger partial charge is 0.491 e. The first kappa shape index (κ1) is 31.1. The van der Waals surface area contributed by atoms with Crippen LogP contribution < -0.4 is 9.47 Å². The SMILES string of the molecule is CCOC(=O)CCCC1c2cccc(-c3noc(-c4cnc(OC(C)C)c(Cl)c4)n3)c2OCCN1C(=O)OC(C)(C)C. The van der Waals surface area contributed by atoms with Crippen molar-refractivity contribution in [2.45, 2.75) is 78.6 Å². The van der Waals surface area contributed by atoms with Gasteiger partial charge in [-0.05, 0) is 66.5 Å². The van der Waals surface area contributed by atoms with Crippen molar-refractivity contribution in [3.05, 3.63) is 41.0 Å². The molecule has 4 rings (SSSR count). The zero-order valence-corrected chi connectivity index (χ0v) is 25.6. The molecule has 1 unspecified atom stereocenters. The van der Waals surface area contributed by atoms with Gasteiger partial charge in [-0.3, -0.25) is 9.69 Å². The Bertz CT molecular complexity index is 1400. The number of amides is 1. The van der Waals surface area contributed by atoms with Crippen LogP contribution in [0.1, 0.15) is 72.4 Å². The fraction of sp³-hybridized carbons (Fsp3) is 0.500. The molecule has 0 fully saturated rings. The van der Waals surface area contributed by atoms with E-state index in [9.17, 15) is 9.59 Å². The Labute approximate surface area is 250 Å². The van der Waals surface area contributed by atoms with Gasteiger partial charge in [0, 0.05) is 18.2 Å². The number of carbonyl (C=O) groups is 2. The van der Waals surface area contributed by atoms with Crippen molar-refractivity contribution < 1.29 is 33.1 Å². The molecular formula is C30H37ClN4O7. The number of fused-ring (bicyclic) bond motifs is 1. The molecule has 3 aromatic rings. The van der Waals surface area contributed by atoms with Gasteiger partial charge < -0.3 is 23.5 Å². The quantitative estimate of drug-likeness (QED) is 0.246. The molecule has 226 valence electrons. The number of benzene rings is 1. The van der Waals surface area contributed by atoms with Crippen LogP contribution in [0.4, 0.5) is 4.79 Å². The molecule has 42 heavy (non-hydrogen) atoms. The summed E-state index contributed by atoms with van der Waals surface area (Å²) < 4.78 is 28.2. The van der Waals surface area contributed by atoms with Crippen LogP contribution in [0.15, 0.2) is 35.0 Å². The van der Waals surface area contributed by atoms with E-state index in [4.69, 9.17) is 35.1 Å². The maximum absolute atomic E-state index is 13.3. The Kier molecular flexibility index (Phi) is 9.93. The van der Waals surface area contributed by atoms with Gasteiger partial charge >= 0.3 is 12.1 Å². The summed E-state index contributed by atoms with van der Waals surface area (Å²) in [5, 5.41) is 4.53. The molecule has 1 aromatic carbocycles. The van der Waals surface area contributed by atoms with E-state index in [2.05, 4.69) is 15.1 Å². The van der Waals surface area contributed by atoms with Crippen molar-refractivity contribution in [1.29, 1.82) is 0 Å². The van der Waals surface area contributed by atoms with Gasteiger partial charge in [0.05, 0.1) is 36.4 Å². The average molecular weight is 601 g/mol. The number of para-hydroxylation sites is 1. The fourth-order valence-corrected chi connectivity index (χ4v) is 4.76. The zero-order chi connectivity index (χ0) is 30.4. The van der Waals surface area contributed by atoms with Gasteiger partial charge in [0.15, 0.2) is 0 Å². The summed E-state index contributed by atoms with van der Waals surface area (Å²) in [6.45, 7) is 11.8. The number of pyridine rings is 1. The van der Waals surface area contributed by atoms with Crippen molar-refractivity contribution in [2.75, 3.05) is 19.8 Å². The Balaban J connectivity index is 1.66. The number of ether oxygens (including phenoxy) is 4. The third-order valence-corrected chi connectivity index (χ3v) is 6.49. The van der Waals surface area contributed by atoms with Crippen LogP contribution in [-0.4, -0.2) is 63.6 Å². The number of esters is 1. The van der Waals surface area contributed by atoms with Crippen molar-refractivity contribution in [3.63, 3.8) is 0 Å². The molecule has 1 aliphatic heterocycles. The zero-order valence-electron chi connectivity index (χ0n) is 24.8. The third-order valence-electron chi connectivity index (χ3n) is 6.22. The Morgan fingerprint density at radius 3 is 2.71 bits per heavy atom. The topological polar surface area (TPSA) is 126 Å². The number of hydrogen-bond acceptors (Lipinski definition) is 10. The van der Waals surface area contributed by atoms with Crippen LogP contribution >= 0.6 is 11.6 Å². The van der Waals surface area contributed by atoms with Crippen LogP contribution in [0.25, 0.3) is 22.8 Å². The summed E-state index contributed by atoms with van der Waals surface area (Å²) in [7, 11) is 0. The number of rotatable bonds is 9. The maximum Gasteiger partial charge on any atom is 0.410 e. The van der Waals surface area contributed by atoms with Crippen molar-refractivity contribution >= 4 is 23.7 Å². The van der Waals surface area contributed by atoms with Crippen LogP contribution in [0, 0.1) is 0 Å². The lowest BCUT2D eigenvalue weighted by Gasteiger charge is -2.32. The molecule has 1 atom stereocenters. The van der Waals surface area contributed by atoms with E-state index in [1.807, 2.05) is 52.8 Å². The van der Waals surface area contributed by atoms with Crippen molar-refractivity contribution in [2.24, 2.45) is 0 Å². The van der Waals surface area contributed by atoms with E-state index in [1.165, 1.54) is 0 Å². The normalized spacial score (nSPS) is 15.0. The minimum Gasteiger partial charge on any atom is -0.491 e. The summed E-state index contributed by atoms with van der Waals surface area (Å²) in [5.41, 5.74) is 1.21. The molecule has 11 nitrogen and oxygen atoms in total. The Morgan fingerprint density at radius 2 is 2.02 bits per heavy atom. The van der Waals surface area contributed by atoms with Gasteiger partial charge in [-0.25, -0.2) is 9.78 Å². The Hall–Kier alpha value is -3.86. The number of carbonyl (C=O) groups excluding carboxylic acids is 2. The lowest BCUT2D eigenvalue weighted by atomic mass is 9.96. The van der Waals surface area contributed by atoms with Crippen LogP contribution in [0.2, 0.25) is 5.02 Å². The highest BCUT2D eigenvalue weighted by atomic mass is 35.5. The minimum absolute atomic E-state index is 0.0792. The summed E-state index contributed by atoms with van der Waals surface area (Å²) in [5.74, 6) is 1.10. The van der Waals surface area contributed by atoms with E-state index < -0.39 is 17.7 Å². The van der Waals surface area contributed by atoms with Gasteiger partial charge in [-0.2, -0.15) is 4.98 Å². The lowest BCUT2D eigenvalue weighted by Crippen LogP contribution is -2.40. The van der Waals surface area contributed by atoms with Gasteiger partial charge in [-0.15, -0.1) is 0 Å². The van der Waals surface area contributed by atoms with E-state index in [1.54, 1.807) is 24.1 Å². The molecule has 0 saturated carbocycles. The smallest absolute Gasteiger partial charge is 0.410 e. The Morgan fingerprint density at radius 1 is 1.24 bits per heavy atom. The molecule has 0 bridgehead atoms. The standard InChI is InChI=1S/C30H37ClN4O7/c1-7-38-24(36)13-9-12-23-20-10-8-11-21(25(20)39-15-14-35(23)29(37)41-30(4,5)6)26-33-27(42-34-26)19-16-22(31)28(32-17-19)40-18(2)3/h8,10-11,16-18,23H,7,9,12-15H2,1-6H3.